The van der Waals surface area contributed by atoms with Crippen LogP contribution >= 0.6 is 0 Å². The molecule has 0 unspecified atom stereocenters. The molecule has 8 nitrogen and oxygen atoms in total. The molecular formula is C18H23N5O3. The van der Waals surface area contributed by atoms with E-state index in [-0.39, 0.29) is 17.5 Å². The monoisotopic (exact) mass is 357 g/mol. The average Bonchev–Trinajstić information content (AvgIpc) is 2.65. The van der Waals surface area contributed by atoms with E-state index in [4.69, 9.17) is 4.74 Å². The minimum Gasteiger partial charge on any atom is -0.476 e. The lowest BCUT2D eigenvalue weighted by atomic mass is 10.2. The number of rotatable bonds is 8. The Morgan fingerprint density at radius 2 is 2.00 bits per heavy atom. The molecule has 0 aliphatic rings. The highest BCUT2D eigenvalue weighted by molar-refractivity contribution is 6.02. The van der Waals surface area contributed by atoms with Gasteiger partial charge < -0.3 is 15.4 Å². The summed E-state index contributed by atoms with van der Waals surface area (Å²) in [4.78, 5) is 35.9. The highest BCUT2D eigenvalue weighted by Gasteiger charge is 2.10. The van der Waals surface area contributed by atoms with Crippen LogP contribution < -0.4 is 15.4 Å². The summed E-state index contributed by atoms with van der Waals surface area (Å²) in [5.74, 6) is 0.326. The predicted octanol–water partition coefficient (Wildman–Crippen LogP) is 1.84. The number of nitrogens with one attached hydrogen (secondary N) is 2. The Hall–Kier alpha value is -3.03. The van der Waals surface area contributed by atoms with E-state index in [1.807, 2.05) is 13.8 Å². The molecule has 2 rings (SSSR count). The molecule has 0 aromatic carbocycles. The van der Waals surface area contributed by atoms with Crippen molar-refractivity contribution in [2.45, 2.75) is 26.7 Å². The summed E-state index contributed by atoms with van der Waals surface area (Å²) in [6, 6.07) is 3.41. The lowest BCUT2D eigenvalue weighted by Crippen LogP contribution is -2.18. The zero-order valence-corrected chi connectivity index (χ0v) is 15.2. The van der Waals surface area contributed by atoms with Crippen LogP contribution in [-0.4, -0.2) is 40.4 Å². The number of pyridine rings is 1. The number of carbonyl (C=O) groups excluding carboxylic acids is 2. The second-order valence-electron chi connectivity index (χ2n) is 6.11. The first-order valence-electron chi connectivity index (χ1n) is 8.39. The molecule has 2 aromatic heterocycles. The van der Waals surface area contributed by atoms with Crippen molar-refractivity contribution in [2.24, 2.45) is 5.92 Å². The maximum absolute atomic E-state index is 12.3. The third kappa shape index (κ3) is 6.12. The zero-order valence-electron chi connectivity index (χ0n) is 15.2. The Morgan fingerprint density at radius 3 is 2.65 bits per heavy atom. The maximum Gasteiger partial charge on any atom is 0.275 e. The number of aromatic nitrogens is 3. The van der Waals surface area contributed by atoms with Crippen LogP contribution in [-0.2, 0) is 11.2 Å². The molecule has 0 fully saturated rings. The molecule has 0 spiro atoms. The standard InChI is InChI=1S/C18H23N5O3/c1-12(2)11-26-17-10-21-15(9-22-17)18(25)23-14-6-7-20-13(8-14)4-5-16(24)19-3/h6-10,12H,4-5,11H2,1-3H3,(H,19,24)(H,20,23,25). The maximum atomic E-state index is 12.3. The summed E-state index contributed by atoms with van der Waals surface area (Å²) >= 11 is 0. The van der Waals surface area contributed by atoms with Gasteiger partial charge in [0.05, 0.1) is 19.0 Å². The van der Waals surface area contributed by atoms with Crippen molar-refractivity contribution >= 4 is 17.5 Å². The number of hydrogen-bond donors (Lipinski definition) is 2. The fraction of sp³-hybridized carbons (Fsp3) is 0.389. The van der Waals surface area contributed by atoms with Crippen LogP contribution in [0.1, 0.15) is 36.5 Å². The molecule has 2 aromatic rings. The van der Waals surface area contributed by atoms with Gasteiger partial charge in [0.25, 0.3) is 5.91 Å². The minimum absolute atomic E-state index is 0.0590. The van der Waals surface area contributed by atoms with E-state index in [2.05, 4.69) is 25.6 Å². The van der Waals surface area contributed by atoms with Gasteiger partial charge in [0.1, 0.15) is 5.69 Å². The summed E-state index contributed by atoms with van der Waals surface area (Å²) in [5, 5.41) is 5.31. The van der Waals surface area contributed by atoms with Crippen LogP contribution in [0, 0.1) is 5.92 Å². The molecule has 8 heteroatoms. The fourth-order valence-electron chi connectivity index (χ4n) is 2.01. The van der Waals surface area contributed by atoms with Crippen molar-refractivity contribution in [1.29, 1.82) is 0 Å². The highest BCUT2D eigenvalue weighted by Crippen LogP contribution is 2.12. The van der Waals surface area contributed by atoms with Gasteiger partial charge in [-0.2, -0.15) is 0 Å². The first-order valence-corrected chi connectivity index (χ1v) is 8.39. The minimum atomic E-state index is -0.378. The molecular weight excluding hydrogens is 334 g/mol. The number of carbonyl (C=O) groups is 2. The van der Waals surface area contributed by atoms with Crippen LogP contribution in [0.4, 0.5) is 5.69 Å². The predicted molar refractivity (Wildman–Crippen MR) is 96.9 cm³/mol. The molecule has 0 aliphatic carbocycles. The average molecular weight is 357 g/mol. The summed E-state index contributed by atoms with van der Waals surface area (Å²) in [6.45, 7) is 4.61. The van der Waals surface area contributed by atoms with Gasteiger partial charge in [-0.05, 0) is 24.5 Å². The van der Waals surface area contributed by atoms with Gasteiger partial charge in [-0.3, -0.25) is 14.6 Å². The third-order valence-electron chi connectivity index (χ3n) is 3.39. The second-order valence-corrected chi connectivity index (χ2v) is 6.11. The van der Waals surface area contributed by atoms with E-state index in [1.54, 1.807) is 25.4 Å². The van der Waals surface area contributed by atoms with Crippen molar-refractivity contribution in [3.63, 3.8) is 0 Å². The Balaban J connectivity index is 1.95. The number of amides is 2. The second kappa shape index (κ2) is 9.45. The highest BCUT2D eigenvalue weighted by atomic mass is 16.5. The Bertz CT molecular complexity index is 747. The van der Waals surface area contributed by atoms with Gasteiger partial charge in [0.15, 0.2) is 0 Å². The van der Waals surface area contributed by atoms with Crippen molar-refractivity contribution in [3.8, 4) is 5.88 Å². The van der Waals surface area contributed by atoms with Crippen LogP contribution in [0.2, 0.25) is 0 Å². The molecule has 2 amide bonds. The molecule has 0 atom stereocenters. The van der Waals surface area contributed by atoms with Gasteiger partial charge >= 0.3 is 0 Å². The van der Waals surface area contributed by atoms with Gasteiger partial charge in [0, 0.05) is 31.0 Å². The molecule has 0 bridgehead atoms. The molecule has 26 heavy (non-hydrogen) atoms. The first-order chi connectivity index (χ1) is 12.5. The van der Waals surface area contributed by atoms with Crippen LogP contribution in [0.25, 0.3) is 0 Å². The van der Waals surface area contributed by atoms with Crippen LogP contribution in [0.5, 0.6) is 5.88 Å². The molecule has 2 N–H and O–H groups in total. The van der Waals surface area contributed by atoms with Gasteiger partial charge in [-0.1, -0.05) is 13.8 Å². The van der Waals surface area contributed by atoms with E-state index < -0.39 is 0 Å². The van der Waals surface area contributed by atoms with Crippen LogP contribution in [0.3, 0.4) is 0 Å². The molecule has 0 aliphatic heterocycles. The summed E-state index contributed by atoms with van der Waals surface area (Å²) in [7, 11) is 1.59. The number of hydrogen-bond acceptors (Lipinski definition) is 6. The van der Waals surface area contributed by atoms with E-state index >= 15 is 0 Å². The Kier molecular flexibility index (Phi) is 7.02. The van der Waals surface area contributed by atoms with E-state index in [0.717, 1.165) is 5.69 Å². The van der Waals surface area contributed by atoms with Crippen molar-refractivity contribution in [1.82, 2.24) is 20.3 Å². The summed E-state index contributed by atoms with van der Waals surface area (Å²) in [6.07, 6.45) is 5.22. The quantitative estimate of drug-likeness (QED) is 0.747. The first kappa shape index (κ1) is 19.3. The number of nitrogens with zero attached hydrogens (tertiary/aromatic N) is 3. The fourth-order valence-corrected chi connectivity index (χ4v) is 2.01. The smallest absolute Gasteiger partial charge is 0.275 e. The normalized spacial score (nSPS) is 10.5. The van der Waals surface area contributed by atoms with Gasteiger partial charge in [0.2, 0.25) is 11.8 Å². The SMILES string of the molecule is CNC(=O)CCc1cc(NC(=O)c2cnc(OCC(C)C)cn2)ccn1. The zero-order chi connectivity index (χ0) is 18.9. The molecule has 138 valence electrons. The van der Waals surface area contributed by atoms with Crippen LogP contribution in [0.15, 0.2) is 30.7 Å². The van der Waals surface area contributed by atoms with E-state index in [9.17, 15) is 9.59 Å². The lowest BCUT2D eigenvalue weighted by Gasteiger charge is -2.08. The largest absolute Gasteiger partial charge is 0.476 e. The van der Waals surface area contributed by atoms with Gasteiger partial charge in [-0.25, -0.2) is 9.97 Å². The molecule has 2 heterocycles. The number of aryl methyl sites for hydroxylation is 1. The summed E-state index contributed by atoms with van der Waals surface area (Å²) < 4.78 is 5.45. The Labute approximate surface area is 152 Å². The van der Waals surface area contributed by atoms with Crippen molar-refractivity contribution in [3.05, 3.63) is 42.1 Å². The third-order valence-corrected chi connectivity index (χ3v) is 3.39. The van der Waals surface area contributed by atoms with E-state index in [0.29, 0.717) is 36.9 Å². The number of anilines is 1. The van der Waals surface area contributed by atoms with Gasteiger partial charge in [-0.15, -0.1) is 0 Å². The molecule has 0 saturated carbocycles. The summed E-state index contributed by atoms with van der Waals surface area (Å²) in [5.41, 5.74) is 1.49. The lowest BCUT2D eigenvalue weighted by molar-refractivity contribution is -0.120. The number of ether oxygens (including phenoxy) is 1. The van der Waals surface area contributed by atoms with Crippen molar-refractivity contribution < 1.29 is 14.3 Å². The molecule has 0 radical (unpaired) electrons. The topological polar surface area (TPSA) is 106 Å². The van der Waals surface area contributed by atoms with Crippen molar-refractivity contribution in [2.75, 3.05) is 19.0 Å². The Morgan fingerprint density at radius 1 is 1.19 bits per heavy atom. The van der Waals surface area contributed by atoms with E-state index in [1.165, 1.54) is 12.4 Å². The molecule has 0 saturated heterocycles.